The van der Waals surface area contributed by atoms with E-state index in [1.807, 2.05) is 37.4 Å². The lowest BCUT2D eigenvalue weighted by molar-refractivity contribution is -0.855. The highest BCUT2D eigenvalue weighted by molar-refractivity contribution is 5.62. The van der Waals surface area contributed by atoms with Crippen LogP contribution in [0.1, 0.15) is 0 Å². The van der Waals surface area contributed by atoms with Crippen molar-refractivity contribution < 1.29 is 19.0 Å². The summed E-state index contributed by atoms with van der Waals surface area (Å²) in [6, 6.07) is 31.1. The molecule has 6 nitrogen and oxygen atoms in total. The number of nitrogens with one attached hydrogen (secondary N) is 2. The van der Waals surface area contributed by atoms with Gasteiger partial charge in [-0.15, -0.1) is 0 Å². The third-order valence-electron chi connectivity index (χ3n) is 5.80. The van der Waals surface area contributed by atoms with Crippen molar-refractivity contribution in [2.75, 3.05) is 32.7 Å². The van der Waals surface area contributed by atoms with E-state index in [0.29, 0.717) is 0 Å². The van der Waals surface area contributed by atoms with Crippen LogP contribution in [0.15, 0.2) is 103 Å². The number of anilines is 1. The Morgan fingerprint density at radius 1 is 0.750 bits per heavy atom. The second kappa shape index (κ2) is 12.4. The number of hydrogen-bond donors (Lipinski definition) is 2. The molecule has 0 aromatic heterocycles. The second-order valence-corrected chi connectivity index (χ2v) is 8.87. The van der Waals surface area contributed by atoms with Gasteiger partial charge in [0.05, 0.1) is 6.67 Å². The minimum Gasteiger partial charge on any atom is -0.422 e. The van der Waals surface area contributed by atoms with Gasteiger partial charge in [0.25, 0.3) is 0 Å². The Morgan fingerprint density at radius 3 is 1.92 bits per heavy atom. The molecule has 0 saturated heterocycles. The third kappa shape index (κ3) is 7.12. The van der Waals surface area contributed by atoms with Gasteiger partial charge in [-0.25, -0.2) is 6.54 Å². The summed E-state index contributed by atoms with van der Waals surface area (Å²) in [6.07, 6.45) is 8.30. The predicted molar refractivity (Wildman–Crippen MR) is 147 cm³/mol. The van der Waals surface area contributed by atoms with Crippen molar-refractivity contribution in [2.45, 2.75) is 0 Å². The smallest absolute Gasteiger partial charge is 0.209 e. The van der Waals surface area contributed by atoms with Gasteiger partial charge < -0.3 is 28.8 Å². The van der Waals surface area contributed by atoms with Crippen LogP contribution >= 0.6 is 0 Å². The van der Waals surface area contributed by atoms with E-state index < -0.39 is 0 Å². The summed E-state index contributed by atoms with van der Waals surface area (Å²) in [5, 5.41) is 0. The van der Waals surface area contributed by atoms with E-state index in [1.165, 1.54) is 26.9 Å². The first-order valence-corrected chi connectivity index (χ1v) is 12.2. The minimum atomic E-state index is 0.948. The van der Waals surface area contributed by atoms with Crippen molar-refractivity contribution in [3.05, 3.63) is 130 Å². The Balaban J connectivity index is 0.000000127. The monoisotopic (exact) mass is 480 g/mol. The minimum absolute atomic E-state index is 0.948. The molecule has 0 fully saturated rings. The van der Waals surface area contributed by atoms with Crippen molar-refractivity contribution in [2.24, 2.45) is 0 Å². The number of rotatable bonds is 3. The number of quaternary nitrogens is 2. The molecule has 36 heavy (non-hydrogen) atoms. The van der Waals surface area contributed by atoms with Crippen LogP contribution in [0.25, 0.3) is 0 Å². The van der Waals surface area contributed by atoms with Gasteiger partial charge in [0.2, 0.25) is 6.67 Å². The van der Waals surface area contributed by atoms with Crippen LogP contribution in [-0.4, -0.2) is 54.3 Å². The predicted octanol–water partition coefficient (Wildman–Crippen LogP) is 2.29. The number of hydrogen-bond acceptors (Lipinski definition) is 2. The molecule has 6 rings (SSSR count). The molecule has 0 aliphatic carbocycles. The van der Waals surface area contributed by atoms with Crippen LogP contribution in [0.2, 0.25) is 0 Å². The van der Waals surface area contributed by atoms with Gasteiger partial charge in [-0.05, 0) is 42.6 Å². The molecule has 3 heterocycles. The van der Waals surface area contributed by atoms with E-state index in [9.17, 15) is 0 Å². The van der Waals surface area contributed by atoms with Crippen molar-refractivity contribution in [1.82, 2.24) is 4.90 Å². The lowest BCUT2D eigenvalue weighted by Crippen LogP contribution is -3.02. The van der Waals surface area contributed by atoms with E-state index in [4.69, 9.17) is 0 Å². The van der Waals surface area contributed by atoms with Gasteiger partial charge in [0, 0.05) is 32.2 Å². The fraction of sp³-hybridized carbons (Fsp3) is 0.133. The summed E-state index contributed by atoms with van der Waals surface area (Å²) in [6.45, 7) is 9.41. The number of nitrogens with zero attached hydrogens (tertiary/aromatic N) is 4. The normalized spacial score (nSPS) is 19.3. The summed E-state index contributed by atoms with van der Waals surface area (Å²) in [4.78, 5) is 6.92. The standard InChI is InChI=1S/3C10H12N2/c3*1-11-7-8-12(9-11)10-5-3-2-4-6-10/h2-8H,9H2,1H3;2-9,12H,1H3;2-9,11H,1H3. The zero-order chi connectivity index (χ0) is 25.2. The molecule has 2 atom stereocenters. The zero-order valence-electron chi connectivity index (χ0n) is 21.3. The van der Waals surface area contributed by atoms with Crippen molar-refractivity contribution in [1.29, 1.82) is 0 Å². The highest BCUT2D eigenvalue weighted by Gasteiger charge is 2.09. The van der Waals surface area contributed by atoms with E-state index in [2.05, 4.69) is 145 Å². The van der Waals surface area contributed by atoms with E-state index >= 15 is 0 Å². The Bertz CT molecular complexity index is 1160. The SMILES string of the molecule is CN1C=CN(c2ccccc2)C1.C[N+]1=C[CH-][NH+](c2ccccc2)[CH-]1.C[NH+]1[CH-]C=[N+](c2ccccc2)[CH-]1. The largest absolute Gasteiger partial charge is 0.422 e. The zero-order valence-corrected chi connectivity index (χ0v) is 21.3. The van der Waals surface area contributed by atoms with E-state index in [1.54, 1.807) is 0 Å². The third-order valence-corrected chi connectivity index (χ3v) is 5.80. The maximum atomic E-state index is 2.21. The van der Waals surface area contributed by atoms with Crippen LogP contribution in [0.4, 0.5) is 17.1 Å². The topological polar surface area (TPSA) is 21.4 Å². The second-order valence-electron chi connectivity index (χ2n) is 8.87. The highest BCUT2D eigenvalue weighted by atomic mass is 15.3. The molecule has 0 spiro atoms. The first-order valence-electron chi connectivity index (χ1n) is 12.2. The first kappa shape index (κ1) is 24.9. The number of benzene rings is 3. The van der Waals surface area contributed by atoms with Crippen LogP contribution in [0.5, 0.6) is 0 Å². The highest BCUT2D eigenvalue weighted by Crippen LogP contribution is 2.17. The summed E-state index contributed by atoms with van der Waals surface area (Å²) in [7, 11) is 6.20. The van der Waals surface area contributed by atoms with Gasteiger partial charge in [-0.2, -0.15) is 6.54 Å². The Hall–Kier alpha value is -4.26. The van der Waals surface area contributed by atoms with E-state index in [0.717, 1.165) is 6.67 Å². The molecular formula is C30H36N6. The lowest BCUT2D eigenvalue weighted by Gasteiger charge is -2.20. The average Bonchev–Trinajstić information content (AvgIpc) is 3.68. The Morgan fingerprint density at radius 2 is 1.39 bits per heavy atom. The molecule has 0 radical (unpaired) electrons. The molecule has 3 aliphatic rings. The van der Waals surface area contributed by atoms with Crippen LogP contribution in [-0.2, 0) is 0 Å². The molecule has 6 heteroatoms. The average molecular weight is 481 g/mol. The van der Waals surface area contributed by atoms with E-state index in [-0.39, 0.29) is 0 Å². The Kier molecular flexibility index (Phi) is 8.59. The Labute approximate surface area is 215 Å². The van der Waals surface area contributed by atoms with Crippen molar-refractivity contribution in [3.8, 4) is 0 Å². The summed E-state index contributed by atoms with van der Waals surface area (Å²) >= 11 is 0. The van der Waals surface area contributed by atoms with Crippen molar-refractivity contribution >= 4 is 29.5 Å². The lowest BCUT2D eigenvalue weighted by atomic mass is 10.3. The molecule has 0 saturated carbocycles. The fourth-order valence-electron chi connectivity index (χ4n) is 3.88. The molecule has 0 bridgehead atoms. The number of para-hydroxylation sites is 3. The molecule has 2 unspecified atom stereocenters. The molecule has 3 aromatic carbocycles. The maximum absolute atomic E-state index is 2.21. The molecule has 0 amide bonds. The van der Waals surface area contributed by atoms with Crippen LogP contribution < -0.4 is 14.7 Å². The van der Waals surface area contributed by atoms with Crippen molar-refractivity contribution in [3.63, 3.8) is 0 Å². The van der Waals surface area contributed by atoms with Gasteiger partial charge in [0.1, 0.15) is 18.4 Å². The van der Waals surface area contributed by atoms with Gasteiger partial charge in [-0.3, -0.25) is 0 Å². The molecular weight excluding hydrogens is 444 g/mol. The molecule has 3 aliphatic heterocycles. The van der Waals surface area contributed by atoms with Gasteiger partial charge in [0.15, 0.2) is 6.67 Å². The molecule has 3 aromatic rings. The quantitative estimate of drug-likeness (QED) is 0.444. The van der Waals surface area contributed by atoms with Gasteiger partial charge >= 0.3 is 0 Å². The summed E-state index contributed by atoms with van der Waals surface area (Å²) in [5.74, 6) is 0. The van der Waals surface area contributed by atoms with Gasteiger partial charge in [-0.1, -0.05) is 60.8 Å². The summed E-state index contributed by atoms with van der Waals surface area (Å²) in [5.41, 5.74) is 3.74. The maximum Gasteiger partial charge on any atom is 0.209 e. The first-order chi connectivity index (χ1) is 17.6. The summed E-state index contributed by atoms with van der Waals surface area (Å²) < 4.78 is 4.18. The molecule has 2 N–H and O–H groups in total. The van der Waals surface area contributed by atoms with Crippen LogP contribution in [0, 0.1) is 26.4 Å². The van der Waals surface area contributed by atoms with Crippen LogP contribution in [0.3, 0.4) is 0 Å². The molecule has 186 valence electrons. The fourth-order valence-corrected chi connectivity index (χ4v) is 3.88.